The maximum absolute atomic E-state index is 12.9. The Hall–Kier alpha value is -8.19. The van der Waals surface area contributed by atoms with Crippen LogP contribution in [-0.2, 0) is 16.9 Å². The molecular weight excluding hydrogens is 757 g/mol. The van der Waals surface area contributed by atoms with Crippen LogP contribution in [0, 0.1) is 24.7 Å². The number of benzene rings is 6. The van der Waals surface area contributed by atoms with Crippen LogP contribution in [0.15, 0.2) is 146 Å². The first kappa shape index (κ1) is 42.0. The zero-order valence-electron chi connectivity index (χ0n) is 31.7. The second-order valence-corrected chi connectivity index (χ2v) is 12.8. The van der Waals surface area contributed by atoms with Gasteiger partial charge in [0.25, 0.3) is 0 Å². The van der Waals surface area contributed by atoms with Gasteiger partial charge in [-0.3, -0.25) is 0 Å². The Morgan fingerprint density at radius 1 is 0.576 bits per heavy atom. The SMILES string of the molecule is C#COc1ccc(C(=O)O)c(C(=O)Oc2ccc(C(C)(C)c3ccc(OOCc4cc(OC#COc5ccccc5)ccc4C(=O)O)cc3)cc2)c1.Oc1ccccc1. The van der Waals surface area contributed by atoms with Crippen molar-refractivity contribution in [2.75, 3.05) is 0 Å². The van der Waals surface area contributed by atoms with Crippen LogP contribution in [0.25, 0.3) is 0 Å². The van der Waals surface area contributed by atoms with Gasteiger partial charge < -0.3 is 39.2 Å². The summed E-state index contributed by atoms with van der Waals surface area (Å²) < 4.78 is 21.1. The normalized spacial score (nSPS) is 10.3. The fraction of sp³-hybridized carbons (Fsp3) is 0.0851. The molecule has 0 heterocycles. The molecule has 59 heavy (non-hydrogen) atoms. The third-order valence-corrected chi connectivity index (χ3v) is 8.54. The monoisotopic (exact) mass is 792 g/mol. The minimum Gasteiger partial charge on any atom is -0.508 e. The third-order valence-electron chi connectivity index (χ3n) is 8.54. The average molecular weight is 793 g/mol. The van der Waals surface area contributed by atoms with Gasteiger partial charge in [0, 0.05) is 11.0 Å². The number of hydrogen-bond donors (Lipinski definition) is 3. The van der Waals surface area contributed by atoms with Gasteiger partial charge in [-0.15, -0.1) is 0 Å². The summed E-state index contributed by atoms with van der Waals surface area (Å²) in [5.74, 6) is -1.46. The van der Waals surface area contributed by atoms with Crippen LogP contribution in [0.1, 0.15) is 61.6 Å². The number of para-hydroxylation sites is 2. The summed E-state index contributed by atoms with van der Waals surface area (Å²) in [5.41, 5.74) is 1.17. The molecular formula is C47H36O12. The van der Waals surface area contributed by atoms with Gasteiger partial charge >= 0.3 is 17.9 Å². The number of phenolic OH excluding ortho intramolecular Hbond substituents is 1. The van der Waals surface area contributed by atoms with Crippen LogP contribution in [-0.4, -0.2) is 33.2 Å². The Labute approximate surface area is 339 Å². The molecule has 12 nitrogen and oxygen atoms in total. The van der Waals surface area contributed by atoms with E-state index in [0.717, 1.165) is 11.1 Å². The summed E-state index contributed by atoms with van der Waals surface area (Å²) in [7, 11) is 0. The summed E-state index contributed by atoms with van der Waals surface area (Å²) in [5, 5.41) is 27.8. The number of aromatic hydroxyl groups is 1. The number of carboxylic acid groups (broad SMARTS) is 2. The number of phenols is 1. The smallest absolute Gasteiger partial charge is 0.344 e. The Kier molecular flexibility index (Phi) is 14.3. The van der Waals surface area contributed by atoms with Crippen molar-refractivity contribution in [3.63, 3.8) is 0 Å². The van der Waals surface area contributed by atoms with Gasteiger partial charge in [-0.25, -0.2) is 14.4 Å². The summed E-state index contributed by atoms with van der Waals surface area (Å²) in [6.45, 7) is 3.83. The standard InChI is InChI=1S/C41H30O11.C6H6O/c1-4-47-34-19-21-36(39(44)45)37(25-34)40(46)51-31-14-10-28(11-15-31)41(2,3)29-12-16-32(17-13-29)52-50-26-27-24-33(18-20-35(27)38(42)43)49-23-22-48-30-8-6-5-7-9-30;7-6-4-2-1-3-5-6/h1,5-21,24-25H,26H2,2-3H3,(H,42,43)(H,44,45);1-5,7H. The van der Waals surface area contributed by atoms with Gasteiger partial charge in [-0.1, -0.05) is 80.9 Å². The highest BCUT2D eigenvalue weighted by molar-refractivity contribution is 6.03. The van der Waals surface area contributed by atoms with Crippen molar-refractivity contribution in [1.29, 1.82) is 0 Å². The van der Waals surface area contributed by atoms with Gasteiger partial charge in [-0.05, 0) is 96.1 Å². The molecule has 0 radical (unpaired) electrons. The molecule has 0 spiro atoms. The van der Waals surface area contributed by atoms with Crippen molar-refractivity contribution in [2.45, 2.75) is 25.9 Å². The molecule has 0 aliphatic rings. The molecule has 0 saturated carbocycles. The molecule has 0 aliphatic heterocycles. The van der Waals surface area contributed by atoms with E-state index in [9.17, 15) is 24.6 Å². The first-order chi connectivity index (χ1) is 28.4. The molecule has 6 aromatic carbocycles. The van der Waals surface area contributed by atoms with Crippen molar-refractivity contribution in [3.8, 4) is 59.2 Å². The molecule has 0 saturated heterocycles. The Morgan fingerprint density at radius 3 is 1.63 bits per heavy atom. The topological polar surface area (TPSA) is 167 Å². The molecule has 0 bridgehead atoms. The third kappa shape index (κ3) is 11.9. The molecule has 0 atom stereocenters. The van der Waals surface area contributed by atoms with Crippen LogP contribution in [0.4, 0.5) is 0 Å². The zero-order valence-corrected chi connectivity index (χ0v) is 31.7. The van der Waals surface area contributed by atoms with Crippen LogP contribution < -0.4 is 23.8 Å². The molecule has 6 rings (SSSR count). The Bertz CT molecular complexity index is 2480. The van der Waals surface area contributed by atoms with Gasteiger partial charge in [0.05, 0.1) is 16.7 Å². The van der Waals surface area contributed by atoms with E-state index in [0.29, 0.717) is 28.6 Å². The van der Waals surface area contributed by atoms with Crippen LogP contribution in [0.2, 0.25) is 0 Å². The first-order valence-electron chi connectivity index (χ1n) is 17.7. The number of aromatic carboxylic acids is 2. The number of ether oxygens (including phenoxy) is 4. The number of carbonyl (C=O) groups excluding carboxylic acids is 1. The molecule has 0 fully saturated rings. The first-order valence-corrected chi connectivity index (χ1v) is 17.7. The lowest BCUT2D eigenvalue weighted by atomic mass is 9.78. The summed E-state index contributed by atoms with van der Waals surface area (Å²) >= 11 is 0. The highest BCUT2D eigenvalue weighted by Gasteiger charge is 2.24. The lowest BCUT2D eigenvalue weighted by Gasteiger charge is -2.26. The summed E-state index contributed by atoms with van der Waals surface area (Å²) in [6.07, 6.45) is 12.0. The van der Waals surface area contributed by atoms with Crippen molar-refractivity contribution < 1.29 is 58.4 Å². The molecule has 6 aromatic rings. The van der Waals surface area contributed by atoms with Gasteiger partial charge in [0.15, 0.2) is 18.0 Å². The molecule has 3 N–H and O–H groups in total. The number of rotatable bonds is 13. The van der Waals surface area contributed by atoms with Crippen molar-refractivity contribution in [3.05, 3.63) is 179 Å². The van der Waals surface area contributed by atoms with Gasteiger partial charge in [0.1, 0.15) is 41.5 Å². The van der Waals surface area contributed by atoms with E-state index < -0.39 is 23.3 Å². The largest absolute Gasteiger partial charge is 0.508 e. The summed E-state index contributed by atoms with van der Waals surface area (Å²) in [6, 6.07) is 39.7. The lowest BCUT2D eigenvalue weighted by Crippen LogP contribution is -2.19. The van der Waals surface area contributed by atoms with Crippen molar-refractivity contribution in [2.24, 2.45) is 0 Å². The second-order valence-electron chi connectivity index (χ2n) is 12.8. The quantitative estimate of drug-likeness (QED) is 0.0335. The predicted molar refractivity (Wildman–Crippen MR) is 215 cm³/mol. The van der Waals surface area contributed by atoms with E-state index in [-0.39, 0.29) is 34.8 Å². The Balaban J connectivity index is 0.000000854. The minimum absolute atomic E-state index is 0.0104. The number of carbonyl (C=O) groups is 3. The number of carboxylic acids is 2. The van der Waals surface area contributed by atoms with E-state index >= 15 is 0 Å². The summed E-state index contributed by atoms with van der Waals surface area (Å²) in [4.78, 5) is 47.2. The fourth-order valence-corrected chi connectivity index (χ4v) is 5.40. The van der Waals surface area contributed by atoms with Crippen LogP contribution in [0.5, 0.6) is 34.5 Å². The van der Waals surface area contributed by atoms with E-state index in [2.05, 4.69) is 12.2 Å². The van der Waals surface area contributed by atoms with Crippen LogP contribution >= 0.6 is 0 Å². The molecule has 12 heteroatoms. The zero-order chi connectivity index (χ0) is 42.2. The minimum atomic E-state index is -1.31. The van der Waals surface area contributed by atoms with E-state index in [1.54, 1.807) is 84.9 Å². The van der Waals surface area contributed by atoms with E-state index in [1.807, 2.05) is 44.2 Å². The highest BCUT2D eigenvalue weighted by Crippen LogP contribution is 2.34. The highest BCUT2D eigenvalue weighted by atomic mass is 17.2. The maximum atomic E-state index is 12.9. The molecule has 0 aliphatic carbocycles. The second kappa shape index (κ2) is 20.1. The lowest BCUT2D eigenvalue weighted by molar-refractivity contribution is -0.217. The van der Waals surface area contributed by atoms with Crippen LogP contribution in [0.3, 0.4) is 0 Å². The fourth-order valence-electron chi connectivity index (χ4n) is 5.40. The van der Waals surface area contributed by atoms with Crippen molar-refractivity contribution >= 4 is 17.9 Å². The van der Waals surface area contributed by atoms with E-state index in [1.165, 1.54) is 36.4 Å². The molecule has 296 valence electrons. The Morgan fingerprint density at radius 2 is 1.08 bits per heavy atom. The van der Waals surface area contributed by atoms with Crippen molar-refractivity contribution in [1.82, 2.24) is 0 Å². The number of esters is 1. The van der Waals surface area contributed by atoms with Gasteiger partial charge in [0.2, 0.25) is 0 Å². The average Bonchev–Trinajstić information content (AvgIpc) is 3.23. The van der Waals surface area contributed by atoms with E-state index in [4.69, 9.17) is 40.3 Å². The maximum Gasteiger partial charge on any atom is 0.344 e. The molecule has 0 amide bonds. The van der Waals surface area contributed by atoms with Gasteiger partial charge in [-0.2, -0.15) is 4.89 Å². The molecule has 0 aromatic heterocycles. The molecule has 0 unspecified atom stereocenters. The number of terminal acetylenes is 1. The number of hydrogen-bond acceptors (Lipinski definition) is 10. The predicted octanol–water partition coefficient (Wildman–Crippen LogP) is 8.88.